The molecule has 0 amide bonds. The Morgan fingerprint density at radius 2 is 1.59 bits per heavy atom. The van der Waals surface area contributed by atoms with Crippen LogP contribution in [0.2, 0.25) is 0 Å². The van der Waals surface area contributed by atoms with Crippen LogP contribution in [0.25, 0.3) is 0 Å². The standard InChI is InChI=1S/C24H38O3/c1-21(2)8-6-9-22(3)17(21)7-10-23(4)18-11-16(26)15(14-25)13-24(18,5)20(27)12-19(22)23/h13-14,16-20,26-27H,6-12H2,1-5H3/t16-,17+,18+,19-,20+,22+,23+,24-/m1/s1. The third kappa shape index (κ3) is 2.50. The van der Waals surface area contributed by atoms with E-state index < -0.39 is 17.6 Å². The van der Waals surface area contributed by atoms with Gasteiger partial charge in [0.05, 0.1) is 12.2 Å². The predicted octanol–water partition coefficient (Wildman–Crippen LogP) is 4.51. The lowest BCUT2D eigenvalue weighted by Gasteiger charge is -2.69. The van der Waals surface area contributed by atoms with Gasteiger partial charge in [0.25, 0.3) is 0 Å². The molecule has 0 bridgehead atoms. The monoisotopic (exact) mass is 374 g/mol. The number of hydrogen-bond donors (Lipinski definition) is 2. The molecule has 4 aliphatic carbocycles. The average Bonchev–Trinajstić information content (AvgIpc) is 2.58. The first kappa shape index (κ1) is 19.6. The summed E-state index contributed by atoms with van der Waals surface area (Å²) in [6.07, 6.45) is 9.29. The van der Waals surface area contributed by atoms with Gasteiger partial charge in [0.1, 0.15) is 6.29 Å². The number of rotatable bonds is 1. The molecule has 8 atom stereocenters. The summed E-state index contributed by atoms with van der Waals surface area (Å²) in [7, 11) is 0. The molecule has 0 aliphatic heterocycles. The second kappa shape index (κ2) is 5.92. The Morgan fingerprint density at radius 3 is 2.26 bits per heavy atom. The summed E-state index contributed by atoms with van der Waals surface area (Å²) in [5, 5.41) is 21.9. The van der Waals surface area contributed by atoms with Crippen molar-refractivity contribution in [1.29, 1.82) is 0 Å². The van der Waals surface area contributed by atoms with Crippen LogP contribution in [0, 0.1) is 39.4 Å². The average molecular weight is 375 g/mol. The highest BCUT2D eigenvalue weighted by atomic mass is 16.3. The Labute approximate surface area is 164 Å². The molecular formula is C24H38O3. The van der Waals surface area contributed by atoms with Crippen molar-refractivity contribution in [2.24, 2.45) is 39.4 Å². The van der Waals surface area contributed by atoms with E-state index in [9.17, 15) is 15.0 Å². The Kier molecular flexibility index (Phi) is 4.31. The summed E-state index contributed by atoms with van der Waals surface area (Å²) in [5.74, 6) is 1.41. The maximum Gasteiger partial charge on any atom is 0.148 e. The fourth-order valence-electron chi connectivity index (χ4n) is 8.71. The van der Waals surface area contributed by atoms with Gasteiger partial charge < -0.3 is 10.2 Å². The van der Waals surface area contributed by atoms with E-state index >= 15 is 0 Å². The highest BCUT2D eigenvalue weighted by molar-refractivity contribution is 5.75. The van der Waals surface area contributed by atoms with Crippen LogP contribution in [0.3, 0.4) is 0 Å². The van der Waals surface area contributed by atoms with Gasteiger partial charge in [-0.25, -0.2) is 0 Å². The quantitative estimate of drug-likeness (QED) is 0.664. The minimum atomic E-state index is -0.684. The van der Waals surface area contributed by atoms with Crippen molar-refractivity contribution < 1.29 is 15.0 Å². The first-order chi connectivity index (χ1) is 12.5. The number of carbonyl (C=O) groups excluding carboxylic acids is 1. The molecule has 2 N–H and O–H groups in total. The fourth-order valence-corrected chi connectivity index (χ4v) is 8.71. The van der Waals surface area contributed by atoms with Gasteiger partial charge in [-0.05, 0) is 72.5 Å². The number of fused-ring (bicyclic) bond motifs is 5. The lowest BCUT2D eigenvalue weighted by molar-refractivity contribution is -0.219. The molecule has 3 saturated carbocycles. The minimum absolute atomic E-state index is 0.110. The van der Waals surface area contributed by atoms with E-state index in [1.807, 2.05) is 6.08 Å². The van der Waals surface area contributed by atoms with Crippen molar-refractivity contribution in [3.05, 3.63) is 11.6 Å². The second-order valence-corrected chi connectivity index (χ2v) is 11.7. The Hall–Kier alpha value is -0.670. The molecular weight excluding hydrogens is 336 g/mol. The van der Waals surface area contributed by atoms with Crippen LogP contribution in [0.4, 0.5) is 0 Å². The van der Waals surface area contributed by atoms with Gasteiger partial charge in [0.2, 0.25) is 0 Å². The maximum atomic E-state index is 11.5. The molecule has 0 saturated heterocycles. The molecule has 4 rings (SSSR count). The van der Waals surface area contributed by atoms with Crippen molar-refractivity contribution in [3.63, 3.8) is 0 Å². The van der Waals surface area contributed by atoms with Crippen molar-refractivity contribution in [1.82, 2.24) is 0 Å². The summed E-state index contributed by atoms with van der Waals surface area (Å²) < 4.78 is 0. The van der Waals surface area contributed by atoms with Gasteiger partial charge in [-0.15, -0.1) is 0 Å². The Morgan fingerprint density at radius 1 is 0.926 bits per heavy atom. The van der Waals surface area contributed by atoms with Crippen LogP contribution in [0.5, 0.6) is 0 Å². The zero-order valence-corrected chi connectivity index (χ0v) is 17.8. The summed E-state index contributed by atoms with van der Waals surface area (Å²) in [6.45, 7) is 12.0. The van der Waals surface area contributed by atoms with Gasteiger partial charge in [0.15, 0.2) is 0 Å². The molecule has 3 nitrogen and oxygen atoms in total. The Bertz CT molecular complexity index is 667. The number of carbonyl (C=O) groups is 1. The van der Waals surface area contributed by atoms with E-state index in [0.717, 1.165) is 12.7 Å². The molecule has 27 heavy (non-hydrogen) atoms. The van der Waals surface area contributed by atoms with Gasteiger partial charge in [-0.2, -0.15) is 0 Å². The maximum absolute atomic E-state index is 11.5. The lowest BCUT2D eigenvalue weighted by Crippen LogP contribution is -2.65. The number of aliphatic hydroxyl groups excluding tert-OH is 2. The van der Waals surface area contributed by atoms with Gasteiger partial charge in [-0.3, -0.25) is 4.79 Å². The summed E-state index contributed by atoms with van der Waals surface area (Å²) in [5.41, 5.74) is 0.800. The molecule has 4 aliphatic rings. The van der Waals surface area contributed by atoms with Crippen LogP contribution in [-0.4, -0.2) is 28.7 Å². The molecule has 0 spiro atoms. The van der Waals surface area contributed by atoms with Crippen LogP contribution < -0.4 is 0 Å². The van der Waals surface area contributed by atoms with Crippen molar-refractivity contribution in [2.45, 2.75) is 91.8 Å². The van der Waals surface area contributed by atoms with E-state index in [0.29, 0.717) is 29.2 Å². The van der Waals surface area contributed by atoms with E-state index in [4.69, 9.17) is 0 Å². The molecule has 0 aromatic heterocycles. The van der Waals surface area contributed by atoms with Gasteiger partial charge in [0, 0.05) is 11.0 Å². The third-order valence-electron chi connectivity index (χ3n) is 10.0. The predicted molar refractivity (Wildman–Crippen MR) is 107 cm³/mol. The van der Waals surface area contributed by atoms with E-state index in [-0.39, 0.29) is 16.7 Å². The Balaban J connectivity index is 1.79. The highest BCUT2D eigenvalue weighted by Gasteiger charge is 2.66. The SMILES string of the molecule is CC1(C)CCC[C@]2(C)[C@H]3C[C@H](O)[C@]4(C)C=C(C=O)[C@H](O)C[C@H]4[C@]3(C)CC[C@@H]12. The molecule has 3 heteroatoms. The minimum Gasteiger partial charge on any atom is -0.392 e. The topological polar surface area (TPSA) is 57.5 Å². The smallest absolute Gasteiger partial charge is 0.148 e. The van der Waals surface area contributed by atoms with Crippen LogP contribution in [0.15, 0.2) is 11.6 Å². The van der Waals surface area contributed by atoms with Crippen molar-refractivity contribution in [3.8, 4) is 0 Å². The number of aliphatic hydroxyl groups is 2. The molecule has 0 aromatic rings. The first-order valence-electron chi connectivity index (χ1n) is 11.0. The zero-order valence-electron chi connectivity index (χ0n) is 17.8. The second-order valence-electron chi connectivity index (χ2n) is 11.7. The summed E-state index contributed by atoms with van der Waals surface area (Å²) in [6, 6.07) is 0. The largest absolute Gasteiger partial charge is 0.392 e. The normalized spacial score (nSPS) is 54.2. The number of aldehydes is 1. The lowest BCUT2D eigenvalue weighted by atomic mass is 9.36. The molecule has 0 radical (unpaired) electrons. The van der Waals surface area contributed by atoms with Gasteiger partial charge >= 0.3 is 0 Å². The molecule has 0 unspecified atom stereocenters. The van der Waals surface area contributed by atoms with Crippen LogP contribution in [-0.2, 0) is 4.79 Å². The van der Waals surface area contributed by atoms with E-state index in [1.165, 1.54) is 32.1 Å². The van der Waals surface area contributed by atoms with E-state index in [2.05, 4.69) is 34.6 Å². The third-order valence-corrected chi connectivity index (χ3v) is 10.0. The first-order valence-corrected chi connectivity index (χ1v) is 11.0. The van der Waals surface area contributed by atoms with Crippen molar-refractivity contribution in [2.75, 3.05) is 0 Å². The summed E-state index contributed by atoms with van der Waals surface area (Å²) in [4.78, 5) is 11.5. The molecule has 3 fully saturated rings. The molecule has 0 aromatic carbocycles. The zero-order chi connectivity index (χ0) is 19.8. The van der Waals surface area contributed by atoms with E-state index in [1.54, 1.807) is 0 Å². The highest BCUT2D eigenvalue weighted by Crippen LogP contribution is 2.72. The van der Waals surface area contributed by atoms with Gasteiger partial charge in [-0.1, -0.05) is 47.1 Å². The number of hydrogen-bond acceptors (Lipinski definition) is 3. The van der Waals surface area contributed by atoms with Crippen LogP contribution >= 0.6 is 0 Å². The fraction of sp³-hybridized carbons (Fsp3) is 0.875. The summed E-state index contributed by atoms with van der Waals surface area (Å²) >= 11 is 0. The molecule has 152 valence electrons. The van der Waals surface area contributed by atoms with Crippen molar-refractivity contribution >= 4 is 6.29 Å². The van der Waals surface area contributed by atoms with Crippen LogP contribution in [0.1, 0.15) is 79.6 Å². The molecule has 0 heterocycles.